The summed E-state index contributed by atoms with van der Waals surface area (Å²) in [4.78, 5) is 4.62. The highest BCUT2D eigenvalue weighted by atomic mass is 32.2. The predicted molar refractivity (Wildman–Crippen MR) is 95.9 cm³/mol. The molecule has 2 aromatic carbocycles. The van der Waals surface area contributed by atoms with Crippen molar-refractivity contribution in [1.82, 2.24) is 9.55 Å². The number of rotatable bonds is 6. The fourth-order valence-corrected chi connectivity index (χ4v) is 3.49. The standard InChI is InChI=1S/C19H20N2OS/c1-3-21-18(16-9-11-17(22-2)12-10-16)13-20-19(21)23-14-15-7-5-4-6-8-15/h4-13H,3,14H2,1-2H3. The zero-order valence-electron chi connectivity index (χ0n) is 13.4. The Morgan fingerprint density at radius 1 is 1.04 bits per heavy atom. The molecule has 1 heterocycles. The summed E-state index contributed by atoms with van der Waals surface area (Å²) in [7, 11) is 1.68. The lowest BCUT2D eigenvalue weighted by molar-refractivity contribution is 0.415. The normalized spacial score (nSPS) is 10.7. The minimum Gasteiger partial charge on any atom is -0.497 e. The molecule has 0 unspecified atom stereocenters. The molecule has 0 N–H and O–H groups in total. The molecule has 0 aliphatic carbocycles. The first-order valence-corrected chi connectivity index (χ1v) is 8.67. The van der Waals surface area contributed by atoms with Crippen LogP contribution in [0.5, 0.6) is 5.75 Å². The minimum absolute atomic E-state index is 0.870. The van der Waals surface area contributed by atoms with Crippen LogP contribution in [0.15, 0.2) is 66.0 Å². The van der Waals surface area contributed by atoms with E-state index < -0.39 is 0 Å². The van der Waals surface area contributed by atoms with Crippen molar-refractivity contribution >= 4 is 11.8 Å². The highest BCUT2D eigenvalue weighted by Gasteiger charge is 2.11. The Morgan fingerprint density at radius 2 is 1.78 bits per heavy atom. The maximum absolute atomic E-state index is 5.23. The number of ether oxygens (including phenoxy) is 1. The van der Waals surface area contributed by atoms with Crippen LogP contribution in [0.2, 0.25) is 0 Å². The molecule has 0 amide bonds. The fraction of sp³-hybridized carbons (Fsp3) is 0.211. The molecular weight excluding hydrogens is 304 g/mol. The molecule has 0 bridgehead atoms. The summed E-state index contributed by atoms with van der Waals surface area (Å²) in [6, 6.07) is 18.6. The van der Waals surface area contributed by atoms with Crippen LogP contribution in [0.3, 0.4) is 0 Å². The number of imidazole rings is 1. The number of methoxy groups -OCH3 is 1. The molecule has 23 heavy (non-hydrogen) atoms. The van der Waals surface area contributed by atoms with E-state index in [1.54, 1.807) is 18.9 Å². The fourth-order valence-electron chi connectivity index (χ4n) is 2.49. The lowest BCUT2D eigenvalue weighted by Crippen LogP contribution is -1.99. The first-order valence-electron chi connectivity index (χ1n) is 7.68. The maximum atomic E-state index is 5.23. The van der Waals surface area contributed by atoms with Gasteiger partial charge in [0.05, 0.1) is 19.0 Å². The predicted octanol–water partition coefficient (Wildman–Crippen LogP) is 4.87. The summed E-state index contributed by atoms with van der Waals surface area (Å²) in [5.74, 6) is 1.80. The maximum Gasteiger partial charge on any atom is 0.168 e. The van der Waals surface area contributed by atoms with E-state index in [1.165, 1.54) is 5.56 Å². The van der Waals surface area contributed by atoms with Crippen LogP contribution in [0, 0.1) is 0 Å². The Bertz CT molecular complexity index is 751. The summed E-state index contributed by atoms with van der Waals surface area (Å²) in [6.45, 7) is 3.06. The van der Waals surface area contributed by atoms with E-state index in [0.717, 1.165) is 34.5 Å². The van der Waals surface area contributed by atoms with Gasteiger partial charge in [-0.1, -0.05) is 42.1 Å². The van der Waals surface area contributed by atoms with Gasteiger partial charge < -0.3 is 9.30 Å². The van der Waals surface area contributed by atoms with E-state index in [1.807, 2.05) is 24.4 Å². The van der Waals surface area contributed by atoms with Gasteiger partial charge in [0.2, 0.25) is 0 Å². The van der Waals surface area contributed by atoms with Crippen LogP contribution >= 0.6 is 11.8 Å². The Kier molecular flexibility index (Phi) is 5.03. The SMILES string of the molecule is CCn1c(-c2ccc(OC)cc2)cnc1SCc1ccccc1. The van der Waals surface area contributed by atoms with E-state index in [2.05, 4.69) is 52.9 Å². The lowest BCUT2D eigenvalue weighted by Gasteiger charge is -2.10. The van der Waals surface area contributed by atoms with Gasteiger partial charge in [0, 0.05) is 17.9 Å². The monoisotopic (exact) mass is 324 g/mol. The number of hydrogen-bond acceptors (Lipinski definition) is 3. The van der Waals surface area contributed by atoms with Gasteiger partial charge in [-0.25, -0.2) is 4.98 Å². The van der Waals surface area contributed by atoms with Crippen molar-refractivity contribution in [3.05, 3.63) is 66.4 Å². The smallest absolute Gasteiger partial charge is 0.168 e. The number of nitrogens with zero attached hydrogens (tertiary/aromatic N) is 2. The Hall–Kier alpha value is -2.20. The van der Waals surface area contributed by atoms with Crippen molar-refractivity contribution in [3.63, 3.8) is 0 Å². The highest BCUT2D eigenvalue weighted by Crippen LogP contribution is 2.29. The first-order chi connectivity index (χ1) is 11.3. The molecule has 0 spiro atoms. The van der Waals surface area contributed by atoms with Crippen LogP contribution in [0.25, 0.3) is 11.3 Å². The second kappa shape index (κ2) is 7.38. The summed E-state index contributed by atoms with van der Waals surface area (Å²) in [6.07, 6.45) is 1.96. The van der Waals surface area contributed by atoms with Crippen molar-refractivity contribution in [1.29, 1.82) is 0 Å². The van der Waals surface area contributed by atoms with E-state index in [9.17, 15) is 0 Å². The second-order valence-corrected chi connectivity index (χ2v) is 6.12. The van der Waals surface area contributed by atoms with Crippen molar-refractivity contribution in [2.45, 2.75) is 24.4 Å². The van der Waals surface area contributed by atoms with E-state index in [-0.39, 0.29) is 0 Å². The van der Waals surface area contributed by atoms with Gasteiger partial charge in [-0.15, -0.1) is 0 Å². The Balaban J connectivity index is 1.81. The van der Waals surface area contributed by atoms with Crippen LogP contribution in [0.1, 0.15) is 12.5 Å². The number of aromatic nitrogens is 2. The van der Waals surface area contributed by atoms with Gasteiger partial charge in [0.1, 0.15) is 5.75 Å². The van der Waals surface area contributed by atoms with Gasteiger partial charge in [-0.05, 0) is 36.8 Å². The van der Waals surface area contributed by atoms with Crippen LogP contribution < -0.4 is 4.74 Å². The lowest BCUT2D eigenvalue weighted by atomic mass is 10.1. The third-order valence-electron chi connectivity index (χ3n) is 3.73. The topological polar surface area (TPSA) is 27.1 Å². The molecule has 0 aliphatic heterocycles. The number of benzene rings is 2. The highest BCUT2D eigenvalue weighted by molar-refractivity contribution is 7.98. The minimum atomic E-state index is 0.870. The zero-order valence-corrected chi connectivity index (χ0v) is 14.2. The molecule has 0 aliphatic rings. The molecular formula is C19H20N2OS. The average molecular weight is 324 g/mol. The molecule has 3 nitrogen and oxygen atoms in total. The van der Waals surface area contributed by atoms with Gasteiger partial charge in [0.15, 0.2) is 5.16 Å². The molecule has 0 fully saturated rings. The van der Waals surface area contributed by atoms with E-state index in [4.69, 9.17) is 4.74 Å². The molecule has 0 saturated heterocycles. The molecule has 3 aromatic rings. The molecule has 1 aromatic heterocycles. The Morgan fingerprint density at radius 3 is 2.43 bits per heavy atom. The van der Waals surface area contributed by atoms with Crippen molar-refractivity contribution in [2.24, 2.45) is 0 Å². The van der Waals surface area contributed by atoms with Crippen molar-refractivity contribution < 1.29 is 4.74 Å². The largest absolute Gasteiger partial charge is 0.497 e. The summed E-state index contributed by atoms with van der Waals surface area (Å²) in [5.41, 5.74) is 3.62. The third-order valence-corrected chi connectivity index (χ3v) is 4.79. The molecule has 0 saturated carbocycles. The van der Waals surface area contributed by atoms with Gasteiger partial charge in [-0.2, -0.15) is 0 Å². The van der Waals surface area contributed by atoms with Gasteiger partial charge in [-0.3, -0.25) is 0 Å². The zero-order chi connectivity index (χ0) is 16.1. The Labute approximate surface area is 141 Å². The van der Waals surface area contributed by atoms with Crippen LogP contribution in [0.4, 0.5) is 0 Å². The van der Waals surface area contributed by atoms with Gasteiger partial charge in [0.25, 0.3) is 0 Å². The molecule has 4 heteroatoms. The number of thioether (sulfide) groups is 1. The quantitative estimate of drug-likeness (QED) is 0.605. The van der Waals surface area contributed by atoms with E-state index in [0.29, 0.717) is 0 Å². The summed E-state index contributed by atoms with van der Waals surface area (Å²) >= 11 is 1.78. The summed E-state index contributed by atoms with van der Waals surface area (Å²) in [5, 5.41) is 1.06. The molecule has 3 rings (SSSR count). The third kappa shape index (κ3) is 3.59. The van der Waals surface area contributed by atoms with Crippen molar-refractivity contribution in [3.8, 4) is 17.0 Å². The number of hydrogen-bond donors (Lipinski definition) is 0. The average Bonchev–Trinajstić information content (AvgIpc) is 3.04. The van der Waals surface area contributed by atoms with Crippen molar-refractivity contribution in [2.75, 3.05) is 7.11 Å². The van der Waals surface area contributed by atoms with Gasteiger partial charge >= 0.3 is 0 Å². The van der Waals surface area contributed by atoms with Crippen LogP contribution in [-0.4, -0.2) is 16.7 Å². The first kappa shape index (κ1) is 15.7. The summed E-state index contributed by atoms with van der Waals surface area (Å²) < 4.78 is 7.49. The molecule has 0 atom stereocenters. The molecule has 0 radical (unpaired) electrons. The molecule has 118 valence electrons. The van der Waals surface area contributed by atoms with E-state index >= 15 is 0 Å². The second-order valence-electron chi connectivity index (χ2n) is 5.17. The van der Waals surface area contributed by atoms with Crippen LogP contribution in [-0.2, 0) is 12.3 Å².